The molecule has 0 spiro atoms. The molecule has 0 aromatic heterocycles. The Morgan fingerprint density at radius 1 is 1.00 bits per heavy atom. The van der Waals surface area contributed by atoms with E-state index in [1.165, 1.54) is 31.3 Å². The van der Waals surface area contributed by atoms with E-state index in [1.54, 1.807) is 0 Å². The summed E-state index contributed by atoms with van der Waals surface area (Å²) in [5, 5.41) is 33.0. The second kappa shape index (κ2) is 8.19. The van der Waals surface area contributed by atoms with Gasteiger partial charge in [-0.15, -0.1) is 0 Å². The van der Waals surface area contributed by atoms with E-state index in [2.05, 4.69) is 33.8 Å². The summed E-state index contributed by atoms with van der Waals surface area (Å²) in [6, 6.07) is 0. The lowest BCUT2D eigenvalue weighted by molar-refractivity contribution is -0.126. The Kier molecular flexibility index (Phi) is 6.23. The normalized spacial score (nSPS) is 47.6. The molecule has 0 aromatic rings. The fourth-order valence-electron chi connectivity index (χ4n) is 8.74. The Morgan fingerprint density at radius 3 is 2.50 bits per heavy atom. The standard InChI is InChI=1S/C27H46O3/c1-5-6-7-8-13-27(4,30)23-10-9-20-24-21(12-15-26(20,23)3)25(2)14-11-19(28)16-18(25)17-22(24)29/h17,19-24,28-30H,5-16H2,1-4H3/t19-,20-,21-,22-,23-,24-,25-,26-,27-/m0/s1. The number of aliphatic hydroxyl groups excluding tert-OH is 2. The summed E-state index contributed by atoms with van der Waals surface area (Å²) in [7, 11) is 0. The third-order valence-corrected chi connectivity index (χ3v) is 10.4. The van der Waals surface area contributed by atoms with Crippen LogP contribution in [0, 0.1) is 34.5 Å². The lowest BCUT2D eigenvalue weighted by atomic mass is 9.46. The molecule has 0 bridgehead atoms. The highest BCUT2D eigenvalue weighted by Gasteiger charge is 2.62. The van der Waals surface area contributed by atoms with E-state index >= 15 is 0 Å². The van der Waals surface area contributed by atoms with Gasteiger partial charge in [0.05, 0.1) is 17.8 Å². The fraction of sp³-hybridized carbons (Fsp3) is 0.926. The number of rotatable bonds is 6. The predicted octanol–water partition coefficient (Wildman–Crippen LogP) is 5.62. The summed E-state index contributed by atoms with van der Waals surface area (Å²) in [5.74, 6) is 1.68. The molecule has 4 aliphatic rings. The van der Waals surface area contributed by atoms with E-state index in [0.29, 0.717) is 23.7 Å². The molecule has 0 heterocycles. The van der Waals surface area contributed by atoms with Crippen LogP contribution in [0.3, 0.4) is 0 Å². The Bertz CT molecular complexity index is 654. The van der Waals surface area contributed by atoms with Crippen molar-refractivity contribution in [2.75, 3.05) is 0 Å². The summed E-state index contributed by atoms with van der Waals surface area (Å²) in [5.41, 5.74) is 0.997. The van der Waals surface area contributed by atoms with Gasteiger partial charge < -0.3 is 15.3 Å². The highest BCUT2D eigenvalue weighted by atomic mass is 16.3. The molecule has 30 heavy (non-hydrogen) atoms. The molecule has 4 rings (SSSR count). The summed E-state index contributed by atoms with van der Waals surface area (Å²) in [6.45, 7) is 9.18. The van der Waals surface area contributed by atoms with E-state index < -0.39 is 5.60 Å². The Labute approximate surface area is 184 Å². The molecular formula is C27H46O3. The zero-order valence-electron chi connectivity index (χ0n) is 19.9. The molecule has 3 fully saturated rings. The van der Waals surface area contributed by atoms with E-state index in [4.69, 9.17) is 0 Å². The molecule has 3 N–H and O–H groups in total. The number of hydrogen-bond donors (Lipinski definition) is 3. The van der Waals surface area contributed by atoms with Crippen LogP contribution in [0.2, 0.25) is 0 Å². The summed E-state index contributed by atoms with van der Waals surface area (Å²) < 4.78 is 0. The molecular weight excluding hydrogens is 372 g/mol. The first-order chi connectivity index (χ1) is 14.1. The molecule has 0 saturated heterocycles. The van der Waals surface area contributed by atoms with Gasteiger partial charge in [-0.3, -0.25) is 0 Å². The van der Waals surface area contributed by atoms with Crippen molar-refractivity contribution < 1.29 is 15.3 Å². The van der Waals surface area contributed by atoms with Crippen molar-refractivity contribution >= 4 is 0 Å². The zero-order chi connectivity index (χ0) is 21.7. The third kappa shape index (κ3) is 3.61. The second-order valence-corrected chi connectivity index (χ2v) is 12.1. The van der Waals surface area contributed by atoms with Crippen LogP contribution < -0.4 is 0 Å². The van der Waals surface area contributed by atoms with Crippen molar-refractivity contribution in [1.82, 2.24) is 0 Å². The molecule has 3 heteroatoms. The van der Waals surface area contributed by atoms with Crippen LogP contribution in [0.25, 0.3) is 0 Å². The van der Waals surface area contributed by atoms with Crippen molar-refractivity contribution in [3.63, 3.8) is 0 Å². The molecule has 3 saturated carbocycles. The van der Waals surface area contributed by atoms with Gasteiger partial charge in [0.2, 0.25) is 0 Å². The maximum atomic E-state index is 11.5. The van der Waals surface area contributed by atoms with Crippen LogP contribution in [0.4, 0.5) is 0 Å². The Hall–Kier alpha value is -0.380. The second-order valence-electron chi connectivity index (χ2n) is 12.1. The number of aliphatic hydroxyl groups is 3. The van der Waals surface area contributed by atoms with Crippen molar-refractivity contribution in [3.8, 4) is 0 Å². The van der Waals surface area contributed by atoms with Crippen molar-refractivity contribution in [3.05, 3.63) is 11.6 Å². The van der Waals surface area contributed by atoms with Gasteiger partial charge in [-0.2, -0.15) is 0 Å². The molecule has 0 unspecified atom stereocenters. The van der Waals surface area contributed by atoms with Crippen molar-refractivity contribution in [1.29, 1.82) is 0 Å². The van der Waals surface area contributed by atoms with E-state index in [0.717, 1.165) is 51.4 Å². The van der Waals surface area contributed by atoms with Crippen molar-refractivity contribution in [2.45, 2.75) is 123 Å². The van der Waals surface area contributed by atoms with Gasteiger partial charge >= 0.3 is 0 Å². The van der Waals surface area contributed by atoms with Crippen LogP contribution in [0.5, 0.6) is 0 Å². The van der Waals surface area contributed by atoms with E-state index in [1.807, 2.05) is 0 Å². The minimum absolute atomic E-state index is 0.131. The van der Waals surface area contributed by atoms with Gasteiger partial charge in [0.1, 0.15) is 0 Å². The average Bonchev–Trinajstić information content (AvgIpc) is 3.05. The molecule has 0 aromatic carbocycles. The molecule has 9 atom stereocenters. The zero-order valence-corrected chi connectivity index (χ0v) is 19.9. The first-order valence-electron chi connectivity index (χ1n) is 12.9. The maximum absolute atomic E-state index is 11.5. The largest absolute Gasteiger partial charge is 0.393 e. The van der Waals surface area contributed by atoms with Crippen LogP contribution in [-0.2, 0) is 0 Å². The monoisotopic (exact) mass is 418 g/mol. The topological polar surface area (TPSA) is 60.7 Å². The highest BCUT2D eigenvalue weighted by Crippen LogP contribution is 2.67. The smallest absolute Gasteiger partial charge is 0.0757 e. The van der Waals surface area contributed by atoms with Crippen LogP contribution >= 0.6 is 0 Å². The highest BCUT2D eigenvalue weighted by molar-refractivity contribution is 5.28. The minimum Gasteiger partial charge on any atom is -0.393 e. The third-order valence-electron chi connectivity index (χ3n) is 10.4. The number of unbranched alkanes of at least 4 members (excludes halogenated alkanes) is 3. The van der Waals surface area contributed by atoms with Crippen LogP contribution in [-0.4, -0.2) is 33.1 Å². The summed E-state index contributed by atoms with van der Waals surface area (Å²) >= 11 is 0. The Morgan fingerprint density at radius 2 is 1.77 bits per heavy atom. The molecule has 3 nitrogen and oxygen atoms in total. The number of hydrogen-bond acceptors (Lipinski definition) is 3. The van der Waals surface area contributed by atoms with Crippen LogP contribution in [0.15, 0.2) is 11.6 Å². The van der Waals surface area contributed by atoms with Crippen molar-refractivity contribution in [2.24, 2.45) is 34.5 Å². The molecule has 0 radical (unpaired) electrons. The van der Waals surface area contributed by atoms with Gasteiger partial charge in [0.15, 0.2) is 0 Å². The summed E-state index contributed by atoms with van der Waals surface area (Å²) in [4.78, 5) is 0. The molecule has 4 aliphatic carbocycles. The lowest BCUT2D eigenvalue weighted by Crippen LogP contribution is -2.56. The minimum atomic E-state index is -0.594. The SMILES string of the molecule is CCCCCC[C@](C)(O)[C@H]1CC[C@H]2[C@@H]3[C@@H](O)C=C4C[C@@H](O)CC[C@]4(C)[C@H]3CC[C@@]21C. The average molecular weight is 419 g/mol. The van der Waals surface area contributed by atoms with E-state index in [9.17, 15) is 15.3 Å². The maximum Gasteiger partial charge on any atom is 0.0757 e. The number of fused-ring (bicyclic) bond motifs is 5. The van der Waals surface area contributed by atoms with Gasteiger partial charge in [0, 0.05) is 0 Å². The Balaban J connectivity index is 1.56. The predicted molar refractivity (Wildman–Crippen MR) is 122 cm³/mol. The van der Waals surface area contributed by atoms with Gasteiger partial charge in [0.25, 0.3) is 0 Å². The summed E-state index contributed by atoms with van der Waals surface area (Å²) in [6.07, 6.45) is 14.5. The van der Waals surface area contributed by atoms with E-state index in [-0.39, 0.29) is 23.0 Å². The lowest BCUT2D eigenvalue weighted by Gasteiger charge is -2.60. The molecule has 0 aliphatic heterocycles. The first kappa shape index (κ1) is 22.8. The van der Waals surface area contributed by atoms with Gasteiger partial charge in [-0.25, -0.2) is 0 Å². The first-order valence-corrected chi connectivity index (χ1v) is 12.9. The van der Waals surface area contributed by atoms with Gasteiger partial charge in [-0.05, 0) is 92.8 Å². The fourth-order valence-corrected chi connectivity index (χ4v) is 8.74. The van der Waals surface area contributed by atoms with Gasteiger partial charge in [-0.1, -0.05) is 58.1 Å². The molecule has 0 amide bonds. The quantitative estimate of drug-likeness (QED) is 0.388. The van der Waals surface area contributed by atoms with Crippen LogP contribution in [0.1, 0.15) is 105 Å². The molecule has 172 valence electrons.